The number of imidazole rings is 1. The van der Waals surface area contributed by atoms with Crippen molar-refractivity contribution in [3.63, 3.8) is 0 Å². The average molecular weight is 505 g/mol. The number of nitrogens with zero attached hydrogens (tertiary/aromatic N) is 8. The van der Waals surface area contributed by atoms with Gasteiger partial charge in [-0.05, 0) is 38.3 Å². The van der Waals surface area contributed by atoms with E-state index >= 15 is 0 Å². The molecule has 0 bridgehead atoms. The number of nitrogens with one attached hydrogen (secondary N) is 1. The van der Waals surface area contributed by atoms with E-state index in [9.17, 15) is 5.11 Å². The van der Waals surface area contributed by atoms with Crippen LogP contribution >= 0.6 is 0 Å². The fourth-order valence-corrected chi connectivity index (χ4v) is 4.63. The third kappa shape index (κ3) is 5.23. The number of para-hydroxylation sites is 1. The van der Waals surface area contributed by atoms with Gasteiger partial charge >= 0.3 is 0 Å². The van der Waals surface area contributed by atoms with E-state index in [2.05, 4.69) is 39.7 Å². The molecule has 1 aliphatic rings. The summed E-state index contributed by atoms with van der Waals surface area (Å²) < 4.78 is 3.95. The van der Waals surface area contributed by atoms with Crippen LogP contribution in [0.2, 0.25) is 0 Å². The number of hydrogen-bond acceptors (Lipinski definition) is 9. The number of likely N-dealkylation sites (N-methyl/N-ethyl adjacent to an activating group) is 1. The molecule has 0 saturated carbocycles. The molecule has 1 fully saturated rings. The van der Waals surface area contributed by atoms with Gasteiger partial charge in [0.15, 0.2) is 22.8 Å². The van der Waals surface area contributed by atoms with Gasteiger partial charge in [0, 0.05) is 57.6 Å². The quantitative estimate of drug-likeness (QED) is 0.315. The Balaban J connectivity index is 1.44. The number of aliphatic hydroxyl groups is 1. The Kier molecular flexibility index (Phi) is 7.24. The summed E-state index contributed by atoms with van der Waals surface area (Å²) in [4.78, 5) is 18.6. The summed E-state index contributed by atoms with van der Waals surface area (Å²) >= 11 is 0. The van der Waals surface area contributed by atoms with Crippen molar-refractivity contribution in [3.8, 4) is 5.69 Å². The smallest absolute Gasteiger partial charge is 0.229 e. The van der Waals surface area contributed by atoms with Crippen molar-refractivity contribution in [2.24, 2.45) is 5.73 Å². The maximum absolute atomic E-state index is 9.26. The van der Waals surface area contributed by atoms with Crippen LogP contribution in [0.3, 0.4) is 0 Å². The van der Waals surface area contributed by atoms with E-state index < -0.39 is 0 Å². The zero-order valence-electron chi connectivity index (χ0n) is 21.7. The van der Waals surface area contributed by atoms with Crippen molar-refractivity contribution in [1.82, 2.24) is 29.3 Å². The van der Waals surface area contributed by atoms with Crippen molar-refractivity contribution >= 4 is 28.7 Å². The van der Waals surface area contributed by atoms with Gasteiger partial charge in [-0.3, -0.25) is 0 Å². The van der Waals surface area contributed by atoms with Gasteiger partial charge in [0.1, 0.15) is 0 Å². The molecule has 0 radical (unpaired) electrons. The van der Waals surface area contributed by atoms with Gasteiger partial charge in [-0.2, -0.15) is 15.1 Å². The Morgan fingerprint density at radius 2 is 1.95 bits per heavy atom. The molecule has 0 atom stereocenters. The molecule has 37 heavy (non-hydrogen) atoms. The van der Waals surface area contributed by atoms with E-state index in [1.165, 1.54) is 0 Å². The first kappa shape index (κ1) is 25.0. The second kappa shape index (κ2) is 10.7. The minimum absolute atomic E-state index is 0.0794. The molecule has 4 N–H and O–H groups in total. The number of aliphatic hydroxyl groups excluding tert-OH is 1. The van der Waals surface area contributed by atoms with E-state index in [4.69, 9.17) is 20.8 Å². The predicted molar refractivity (Wildman–Crippen MR) is 146 cm³/mol. The lowest BCUT2D eigenvalue weighted by Gasteiger charge is -2.30. The first-order chi connectivity index (χ1) is 17.9. The lowest BCUT2D eigenvalue weighted by molar-refractivity contribution is 0.304. The van der Waals surface area contributed by atoms with Crippen LogP contribution in [0.15, 0.2) is 42.9 Å². The molecule has 0 aliphatic carbocycles. The van der Waals surface area contributed by atoms with Crippen molar-refractivity contribution in [1.29, 1.82) is 0 Å². The molecule has 1 aromatic carbocycles. The van der Waals surface area contributed by atoms with Crippen LogP contribution in [0.1, 0.15) is 38.3 Å². The van der Waals surface area contributed by atoms with Gasteiger partial charge in [-0.1, -0.05) is 18.2 Å². The SMILES string of the molecule is CC(C)n1cnc2c(NCc3ccccc3-n3ccc(N(C)CCO)n3)nc(N3CCC(N)CC3)nc21. The average Bonchev–Trinajstić information content (AvgIpc) is 3.56. The molecule has 1 aliphatic heterocycles. The summed E-state index contributed by atoms with van der Waals surface area (Å²) in [6.07, 6.45) is 5.64. The van der Waals surface area contributed by atoms with Gasteiger partial charge < -0.3 is 30.5 Å². The molecule has 3 aromatic heterocycles. The monoisotopic (exact) mass is 504 g/mol. The molecule has 0 spiro atoms. The van der Waals surface area contributed by atoms with Crippen molar-refractivity contribution < 1.29 is 5.11 Å². The van der Waals surface area contributed by atoms with Crippen molar-refractivity contribution in [2.45, 2.75) is 45.3 Å². The van der Waals surface area contributed by atoms with E-state index in [1.807, 2.05) is 53.4 Å². The minimum Gasteiger partial charge on any atom is -0.395 e. The van der Waals surface area contributed by atoms with E-state index in [0.29, 0.717) is 24.9 Å². The molecular weight excluding hydrogens is 468 g/mol. The summed E-state index contributed by atoms with van der Waals surface area (Å²) in [6.45, 7) is 7.09. The molecule has 0 unspecified atom stereocenters. The highest BCUT2D eigenvalue weighted by Gasteiger charge is 2.22. The maximum Gasteiger partial charge on any atom is 0.229 e. The second-order valence-corrected chi connectivity index (χ2v) is 9.86. The fourth-order valence-electron chi connectivity index (χ4n) is 4.63. The van der Waals surface area contributed by atoms with Crippen LogP contribution in [-0.4, -0.2) is 73.7 Å². The maximum atomic E-state index is 9.26. The fraction of sp³-hybridized carbons (Fsp3) is 0.462. The molecule has 11 nitrogen and oxygen atoms in total. The van der Waals surface area contributed by atoms with Gasteiger partial charge in [0.2, 0.25) is 5.95 Å². The molecular formula is C26H36N10O. The van der Waals surface area contributed by atoms with Crippen LogP contribution in [0.5, 0.6) is 0 Å². The lowest BCUT2D eigenvalue weighted by Crippen LogP contribution is -2.40. The first-order valence-corrected chi connectivity index (χ1v) is 12.9. The highest BCUT2D eigenvalue weighted by atomic mass is 16.3. The van der Waals surface area contributed by atoms with Crippen molar-refractivity contribution in [2.75, 3.05) is 48.4 Å². The van der Waals surface area contributed by atoms with E-state index in [1.54, 1.807) is 0 Å². The normalized spacial score (nSPS) is 14.6. The van der Waals surface area contributed by atoms with E-state index in [0.717, 1.165) is 54.2 Å². The van der Waals surface area contributed by atoms with Crippen LogP contribution in [0.25, 0.3) is 16.9 Å². The molecule has 1 saturated heterocycles. The highest BCUT2D eigenvalue weighted by Crippen LogP contribution is 2.27. The summed E-state index contributed by atoms with van der Waals surface area (Å²) in [5, 5.41) is 17.5. The Hall–Kier alpha value is -3.70. The predicted octanol–water partition coefficient (Wildman–Crippen LogP) is 2.56. The van der Waals surface area contributed by atoms with Gasteiger partial charge in [-0.15, -0.1) is 0 Å². The number of rotatable bonds is 9. The standard InChI is InChI=1S/C26H36N10O/c1-18(2)35-17-29-23-24(30-26(31-25(23)35)34-11-8-20(27)9-12-34)28-16-19-6-4-5-7-21(19)36-13-10-22(32-36)33(3)14-15-37/h4-7,10,13,17-18,20,37H,8-9,11-12,14-16,27H2,1-3H3,(H,28,30,31). The third-order valence-corrected chi connectivity index (χ3v) is 6.87. The molecule has 4 aromatic rings. The van der Waals surface area contributed by atoms with Crippen LogP contribution in [0.4, 0.5) is 17.6 Å². The zero-order chi connectivity index (χ0) is 25.9. The van der Waals surface area contributed by atoms with Crippen LogP contribution in [0, 0.1) is 0 Å². The Bertz CT molecular complexity index is 1340. The molecule has 0 amide bonds. The topological polar surface area (TPSA) is 126 Å². The van der Waals surface area contributed by atoms with Gasteiger partial charge in [0.25, 0.3) is 0 Å². The van der Waals surface area contributed by atoms with E-state index in [-0.39, 0.29) is 18.7 Å². The first-order valence-electron chi connectivity index (χ1n) is 12.9. The second-order valence-electron chi connectivity index (χ2n) is 9.86. The number of anilines is 3. The van der Waals surface area contributed by atoms with Gasteiger partial charge in [-0.25, -0.2) is 9.67 Å². The lowest BCUT2D eigenvalue weighted by atomic mass is 10.1. The minimum atomic E-state index is 0.0794. The largest absolute Gasteiger partial charge is 0.395 e. The third-order valence-electron chi connectivity index (χ3n) is 6.87. The zero-order valence-corrected chi connectivity index (χ0v) is 21.7. The summed E-state index contributed by atoms with van der Waals surface area (Å²) in [5.41, 5.74) is 9.77. The molecule has 196 valence electrons. The number of nitrogens with two attached hydrogens (primary N) is 1. The Labute approximate surface area is 216 Å². The van der Waals surface area contributed by atoms with Crippen LogP contribution < -0.4 is 20.9 Å². The molecule has 11 heteroatoms. The Morgan fingerprint density at radius 1 is 1.16 bits per heavy atom. The summed E-state index contributed by atoms with van der Waals surface area (Å²) in [6, 6.07) is 10.6. The number of piperidine rings is 1. The van der Waals surface area contributed by atoms with Crippen LogP contribution in [-0.2, 0) is 6.54 Å². The number of benzene rings is 1. The number of hydrogen-bond donors (Lipinski definition) is 3. The number of aromatic nitrogens is 6. The highest BCUT2D eigenvalue weighted by molar-refractivity contribution is 5.84. The summed E-state index contributed by atoms with van der Waals surface area (Å²) in [5.74, 6) is 2.23. The summed E-state index contributed by atoms with van der Waals surface area (Å²) in [7, 11) is 1.92. The Morgan fingerprint density at radius 3 is 2.70 bits per heavy atom. The molecule has 5 rings (SSSR count). The van der Waals surface area contributed by atoms with Gasteiger partial charge in [0.05, 0.1) is 18.6 Å². The molecule has 4 heterocycles. The number of fused-ring (bicyclic) bond motifs is 1. The van der Waals surface area contributed by atoms with Crippen molar-refractivity contribution in [3.05, 3.63) is 48.4 Å².